The van der Waals surface area contributed by atoms with Crippen molar-refractivity contribution in [3.63, 3.8) is 0 Å². The van der Waals surface area contributed by atoms with Crippen LogP contribution < -0.4 is 4.98 Å². The standard InChI is InChI=1S/C36H33NSi/c1-29(2)34-21-14-22-35(30(3)4)36(34)37-38(26-23-31-15-8-5-9-16-31,27-24-32-17-10-6-11-18-32)28-25-33-19-12-7-13-20-33/h5-22,29-30,37H,1-4H3. The number of hydrogen-bond donors (Lipinski definition) is 1. The van der Waals surface area contributed by atoms with Gasteiger partial charge in [0.2, 0.25) is 0 Å². The third-order valence-electron chi connectivity index (χ3n) is 6.19. The molecule has 0 saturated heterocycles. The highest BCUT2D eigenvalue weighted by Gasteiger charge is 2.32. The Balaban J connectivity index is 1.97. The summed E-state index contributed by atoms with van der Waals surface area (Å²) in [6, 6.07) is 36.8. The Hall–Kier alpha value is -4.42. The summed E-state index contributed by atoms with van der Waals surface area (Å²) in [7, 11) is -3.07. The van der Waals surface area contributed by atoms with E-state index in [1.807, 2.05) is 91.0 Å². The quantitative estimate of drug-likeness (QED) is 0.218. The van der Waals surface area contributed by atoms with Crippen molar-refractivity contribution in [2.24, 2.45) is 0 Å². The zero-order valence-corrected chi connectivity index (χ0v) is 23.5. The first-order valence-corrected chi connectivity index (χ1v) is 15.1. The van der Waals surface area contributed by atoms with Crippen LogP contribution in [0.3, 0.4) is 0 Å². The predicted molar refractivity (Wildman–Crippen MR) is 164 cm³/mol. The number of anilines is 1. The predicted octanol–water partition coefficient (Wildman–Crippen LogP) is 8.06. The fourth-order valence-corrected chi connectivity index (χ4v) is 6.17. The second kappa shape index (κ2) is 12.7. The van der Waals surface area contributed by atoms with Crippen LogP contribution in [0.15, 0.2) is 109 Å². The number of hydrogen-bond acceptors (Lipinski definition) is 1. The van der Waals surface area contributed by atoms with Crippen LogP contribution in [0.4, 0.5) is 5.69 Å². The molecule has 4 aromatic rings. The van der Waals surface area contributed by atoms with Gasteiger partial charge in [0, 0.05) is 22.4 Å². The van der Waals surface area contributed by atoms with Gasteiger partial charge in [0.1, 0.15) is 0 Å². The lowest BCUT2D eigenvalue weighted by molar-refractivity contribution is 0.839. The summed E-state index contributed by atoms with van der Waals surface area (Å²) < 4.78 is 0. The summed E-state index contributed by atoms with van der Waals surface area (Å²) in [5.74, 6) is 10.9. The Morgan fingerprint density at radius 2 is 0.816 bits per heavy atom. The highest BCUT2D eigenvalue weighted by Crippen LogP contribution is 2.33. The summed E-state index contributed by atoms with van der Waals surface area (Å²) in [5.41, 5.74) is 17.3. The molecule has 0 heterocycles. The van der Waals surface area contributed by atoms with Crippen molar-refractivity contribution in [2.45, 2.75) is 39.5 Å². The zero-order chi connectivity index (χ0) is 26.8. The zero-order valence-electron chi connectivity index (χ0n) is 22.5. The molecular formula is C36H33NSi. The number of rotatable bonds is 4. The topological polar surface area (TPSA) is 12.0 Å². The molecule has 0 amide bonds. The van der Waals surface area contributed by atoms with Gasteiger partial charge in [-0.15, -0.1) is 0 Å². The normalized spacial score (nSPS) is 10.5. The lowest BCUT2D eigenvalue weighted by Gasteiger charge is -2.25. The molecule has 186 valence electrons. The molecule has 0 bridgehead atoms. The van der Waals surface area contributed by atoms with Gasteiger partial charge in [-0.3, -0.25) is 0 Å². The van der Waals surface area contributed by atoms with E-state index in [0.29, 0.717) is 11.8 Å². The molecule has 4 rings (SSSR count). The van der Waals surface area contributed by atoms with Gasteiger partial charge in [-0.25, -0.2) is 0 Å². The molecule has 0 spiro atoms. The van der Waals surface area contributed by atoms with Gasteiger partial charge in [-0.05, 0) is 59.4 Å². The van der Waals surface area contributed by atoms with Gasteiger partial charge in [0.25, 0.3) is 0 Å². The molecule has 0 aliphatic carbocycles. The molecular weight excluding hydrogens is 474 g/mol. The first kappa shape index (κ1) is 26.6. The largest absolute Gasteiger partial charge is 0.398 e. The van der Waals surface area contributed by atoms with Crippen LogP contribution in [-0.2, 0) is 0 Å². The van der Waals surface area contributed by atoms with Crippen molar-refractivity contribution in [1.29, 1.82) is 0 Å². The summed E-state index contributed by atoms with van der Waals surface area (Å²) in [6.45, 7) is 8.92. The SMILES string of the molecule is CC(C)c1cccc(C(C)C)c1N[Si](C#Cc1ccccc1)(C#Cc1ccccc1)C#Cc1ccccc1. The Morgan fingerprint density at radius 3 is 1.13 bits per heavy atom. The second-order valence-corrected chi connectivity index (χ2v) is 12.3. The average molecular weight is 508 g/mol. The van der Waals surface area contributed by atoms with E-state index in [1.165, 1.54) is 11.1 Å². The summed E-state index contributed by atoms with van der Waals surface area (Å²) >= 11 is 0. The maximum atomic E-state index is 3.92. The maximum Gasteiger partial charge on any atom is 0.398 e. The molecule has 4 aromatic carbocycles. The fraction of sp³-hybridized carbons (Fsp3) is 0.167. The average Bonchev–Trinajstić information content (AvgIpc) is 2.95. The van der Waals surface area contributed by atoms with Crippen molar-refractivity contribution >= 4 is 13.9 Å². The first-order chi connectivity index (χ1) is 18.5. The minimum absolute atomic E-state index is 0.342. The fourth-order valence-electron chi connectivity index (χ4n) is 4.13. The van der Waals surface area contributed by atoms with E-state index < -0.39 is 8.24 Å². The Kier molecular flexibility index (Phi) is 8.90. The minimum Gasteiger partial charge on any atom is -0.382 e. The third-order valence-corrected chi connectivity index (χ3v) is 8.31. The van der Waals surface area contributed by atoms with Crippen LogP contribution in [0.5, 0.6) is 0 Å². The van der Waals surface area contributed by atoms with Gasteiger partial charge in [-0.1, -0.05) is 135 Å². The Bertz CT molecular complexity index is 1370. The van der Waals surface area contributed by atoms with E-state index in [4.69, 9.17) is 0 Å². The summed E-state index contributed by atoms with van der Waals surface area (Å²) in [5, 5.41) is 0. The molecule has 0 fully saturated rings. The molecule has 0 aromatic heterocycles. The molecule has 2 heteroatoms. The van der Waals surface area contributed by atoms with E-state index in [-0.39, 0.29) is 0 Å². The third kappa shape index (κ3) is 7.08. The monoisotopic (exact) mass is 507 g/mol. The Labute approximate surface area is 229 Å². The van der Waals surface area contributed by atoms with Gasteiger partial charge in [-0.2, -0.15) is 0 Å². The smallest absolute Gasteiger partial charge is 0.382 e. The van der Waals surface area contributed by atoms with E-state index >= 15 is 0 Å². The molecule has 0 aliphatic heterocycles. The van der Waals surface area contributed by atoms with Crippen LogP contribution in [0.2, 0.25) is 0 Å². The van der Waals surface area contributed by atoms with Crippen LogP contribution in [0.1, 0.15) is 67.3 Å². The summed E-state index contributed by atoms with van der Waals surface area (Å²) in [4.78, 5) is 3.92. The van der Waals surface area contributed by atoms with Crippen molar-refractivity contribution in [3.8, 4) is 34.4 Å². The van der Waals surface area contributed by atoms with Crippen LogP contribution >= 0.6 is 0 Å². The second-order valence-electron chi connectivity index (χ2n) is 9.84. The van der Waals surface area contributed by atoms with Crippen LogP contribution in [0.25, 0.3) is 0 Å². The Morgan fingerprint density at radius 1 is 0.474 bits per heavy atom. The number of nitrogens with one attached hydrogen (secondary N) is 1. The van der Waals surface area contributed by atoms with E-state index in [1.54, 1.807) is 0 Å². The maximum absolute atomic E-state index is 3.92. The van der Waals surface area contributed by atoms with Gasteiger partial charge < -0.3 is 4.98 Å². The molecule has 0 aliphatic rings. The number of benzene rings is 4. The molecule has 1 nitrogen and oxygen atoms in total. The van der Waals surface area contributed by atoms with Crippen molar-refractivity contribution in [2.75, 3.05) is 4.98 Å². The van der Waals surface area contributed by atoms with Crippen LogP contribution in [0, 0.1) is 34.4 Å². The number of para-hydroxylation sites is 1. The lowest BCUT2D eigenvalue weighted by atomic mass is 9.93. The highest BCUT2D eigenvalue weighted by atomic mass is 28.3. The van der Waals surface area contributed by atoms with Crippen LogP contribution in [-0.4, -0.2) is 8.24 Å². The van der Waals surface area contributed by atoms with E-state index in [9.17, 15) is 0 Å². The summed E-state index contributed by atoms with van der Waals surface area (Å²) in [6.07, 6.45) is 0. The van der Waals surface area contributed by atoms with Crippen molar-refractivity contribution in [1.82, 2.24) is 0 Å². The van der Waals surface area contributed by atoms with E-state index in [2.05, 4.69) is 85.3 Å². The molecule has 0 saturated carbocycles. The highest BCUT2D eigenvalue weighted by molar-refractivity contribution is 7.03. The van der Waals surface area contributed by atoms with Gasteiger partial charge in [0.05, 0.1) is 0 Å². The molecule has 0 radical (unpaired) electrons. The molecule has 0 unspecified atom stereocenters. The van der Waals surface area contributed by atoms with Crippen molar-refractivity contribution in [3.05, 3.63) is 137 Å². The molecule has 38 heavy (non-hydrogen) atoms. The van der Waals surface area contributed by atoms with Crippen molar-refractivity contribution < 1.29 is 0 Å². The molecule has 0 atom stereocenters. The lowest BCUT2D eigenvalue weighted by Crippen LogP contribution is -2.42. The van der Waals surface area contributed by atoms with Gasteiger partial charge in [0.15, 0.2) is 0 Å². The van der Waals surface area contributed by atoms with E-state index in [0.717, 1.165) is 22.4 Å². The molecule has 1 N–H and O–H groups in total. The minimum atomic E-state index is -3.07. The van der Waals surface area contributed by atoms with Gasteiger partial charge >= 0.3 is 8.24 Å². The first-order valence-electron chi connectivity index (χ1n) is 13.1.